The van der Waals surface area contributed by atoms with Gasteiger partial charge in [-0.3, -0.25) is 9.78 Å². The Kier molecular flexibility index (Phi) is 4.07. The molecule has 0 aliphatic carbocycles. The monoisotopic (exact) mass is 325 g/mol. The lowest BCUT2D eigenvalue weighted by Gasteiger charge is -2.18. The molecule has 0 saturated heterocycles. The van der Waals surface area contributed by atoms with E-state index in [0.717, 1.165) is 5.56 Å². The molecule has 0 fully saturated rings. The Bertz CT molecular complexity index is 905. The smallest absolute Gasteiger partial charge is 0.254 e. The van der Waals surface area contributed by atoms with Crippen LogP contribution in [0.4, 0.5) is 10.3 Å². The number of nitrogens with two attached hydrogens (primary N) is 1. The number of fused-ring (bicyclic) bond motifs is 1. The number of nitrogens with zero attached hydrogens (tertiary/aromatic N) is 4. The van der Waals surface area contributed by atoms with E-state index in [0.29, 0.717) is 28.7 Å². The number of hydrogen-bond acceptors (Lipinski definition) is 5. The van der Waals surface area contributed by atoms with E-state index in [2.05, 4.69) is 15.0 Å². The van der Waals surface area contributed by atoms with E-state index in [4.69, 9.17) is 5.73 Å². The number of anilines is 1. The molecular formula is C17H16FN5O. The van der Waals surface area contributed by atoms with Crippen LogP contribution in [0.15, 0.2) is 36.7 Å². The molecule has 0 bridgehead atoms. The van der Waals surface area contributed by atoms with E-state index in [1.54, 1.807) is 43.4 Å². The molecule has 3 aromatic rings. The average Bonchev–Trinajstić information content (AvgIpc) is 2.55. The summed E-state index contributed by atoms with van der Waals surface area (Å²) < 4.78 is 13.4. The molecule has 3 rings (SSSR count). The van der Waals surface area contributed by atoms with Crippen LogP contribution >= 0.6 is 0 Å². The second-order valence-electron chi connectivity index (χ2n) is 5.58. The third-order valence-electron chi connectivity index (χ3n) is 3.62. The molecule has 2 heterocycles. The van der Waals surface area contributed by atoms with E-state index < -0.39 is 0 Å². The lowest BCUT2D eigenvalue weighted by atomic mass is 10.1. The molecule has 2 N–H and O–H groups in total. The molecular weight excluding hydrogens is 309 g/mol. The van der Waals surface area contributed by atoms with Gasteiger partial charge in [0.2, 0.25) is 5.95 Å². The first-order valence-corrected chi connectivity index (χ1v) is 7.33. The number of halogens is 1. The summed E-state index contributed by atoms with van der Waals surface area (Å²) in [6.45, 7) is 2.11. The van der Waals surface area contributed by atoms with Crippen LogP contribution in [0, 0.1) is 12.7 Å². The van der Waals surface area contributed by atoms with Gasteiger partial charge in [-0.1, -0.05) is 0 Å². The first-order chi connectivity index (χ1) is 11.4. The molecule has 1 aromatic carbocycles. The van der Waals surface area contributed by atoms with Crippen LogP contribution in [0.5, 0.6) is 0 Å². The topological polar surface area (TPSA) is 85.0 Å². The van der Waals surface area contributed by atoms with Crippen molar-refractivity contribution in [2.75, 3.05) is 12.8 Å². The molecule has 0 saturated carbocycles. The number of nitrogen functional groups attached to an aromatic ring is 1. The van der Waals surface area contributed by atoms with Gasteiger partial charge >= 0.3 is 0 Å². The number of hydrogen-bond donors (Lipinski definition) is 1. The highest BCUT2D eigenvalue weighted by Gasteiger charge is 2.17. The van der Waals surface area contributed by atoms with Crippen molar-refractivity contribution < 1.29 is 9.18 Å². The number of amides is 1. The van der Waals surface area contributed by atoms with Gasteiger partial charge in [-0.05, 0) is 25.1 Å². The molecule has 7 heteroatoms. The quantitative estimate of drug-likeness (QED) is 0.799. The zero-order chi connectivity index (χ0) is 17.3. The van der Waals surface area contributed by atoms with Gasteiger partial charge in [-0.25, -0.2) is 14.4 Å². The highest BCUT2D eigenvalue weighted by Crippen LogP contribution is 2.21. The summed E-state index contributed by atoms with van der Waals surface area (Å²) in [5.74, 6) is -0.384. The molecule has 0 atom stereocenters. The third kappa shape index (κ3) is 3.15. The van der Waals surface area contributed by atoms with Gasteiger partial charge in [0.25, 0.3) is 5.91 Å². The lowest BCUT2D eigenvalue weighted by Crippen LogP contribution is -2.26. The van der Waals surface area contributed by atoms with Crippen LogP contribution in [0.25, 0.3) is 10.9 Å². The number of carbonyl (C=O) groups is 1. The van der Waals surface area contributed by atoms with Gasteiger partial charge in [-0.2, -0.15) is 0 Å². The standard InChI is InChI=1S/C17H16FN5O/c1-10-5-14(13-4-3-12(18)6-15(13)22-10)16(24)23(2)9-11-7-20-17(19)21-8-11/h3-8H,9H2,1-2H3,(H2,19,20,21). The van der Waals surface area contributed by atoms with Crippen molar-refractivity contribution in [2.45, 2.75) is 13.5 Å². The van der Waals surface area contributed by atoms with E-state index in [-0.39, 0.29) is 17.7 Å². The predicted octanol–water partition coefficient (Wildman–Crippen LogP) is 2.33. The minimum absolute atomic E-state index is 0.186. The molecule has 24 heavy (non-hydrogen) atoms. The normalized spacial score (nSPS) is 10.8. The van der Waals surface area contributed by atoms with Gasteiger partial charge in [0.05, 0.1) is 11.1 Å². The fourth-order valence-corrected chi connectivity index (χ4v) is 2.51. The molecule has 2 aromatic heterocycles. The molecule has 0 aliphatic rings. The third-order valence-corrected chi connectivity index (χ3v) is 3.62. The Balaban J connectivity index is 1.94. The Morgan fingerprint density at radius 2 is 1.96 bits per heavy atom. The molecule has 6 nitrogen and oxygen atoms in total. The number of pyridine rings is 1. The second kappa shape index (κ2) is 6.19. The highest BCUT2D eigenvalue weighted by atomic mass is 19.1. The van der Waals surface area contributed by atoms with Crippen LogP contribution in [0.3, 0.4) is 0 Å². The Hall–Kier alpha value is -3.09. The maximum absolute atomic E-state index is 13.4. The van der Waals surface area contributed by atoms with Crippen LogP contribution in [0.1, 0.15) is 21.6 Å². The minimum atomic E-state index is -0.383. The maximum Gasteiger partial charge on any atom is 0.254 e. The minimum Gasteiger partial charge on any atom is -0.368 e. The first kappa shape index (κ1) is 15.8. The lowest BCUT2D eigenvalue weighted by molar-refractivity contribution is 0.0786. The van der Waals surface area contributed by atoms with Crippen molar-refractivity contribution >= 4 is 22.8 Å². The van der Waals surface area contributed by atoms with Gasteiger partial charge in [0.15, 0.2) is 0 Å². The SMILES string of the molecule is Cc1cc(C(=O)N(C)Cc2cnc(N)nc2)c2ccc(F)cc2n1. The largest absolute Gasteiger partial charge is 0.368 e. The number of rotatable bonds is 3. The van der Waals surface area contributed by atoms with Crippen LogP contribution in [-0.2, 0) is 6.54 Å². The molecule has 1 amide bonds. The second-order valence-corrected chi connectivity index (χ2v) is 5.58. The van der Waals surface area contributed by atoms with E-state index in [1.807, 2.05) is 0 Å². The Morgan fingerprint density at radius 3 is 2.67 bits per heavy atom. The summed E-state index contributed by atoms with van der Waals surface area (Å²) in [6, 6.07) is 5.93. The Morgan fingerprint density at radius 1 is 1.25 bits per heavy atom. The van der Waals surface area contributed by atoms with Crippen LogP contribution in [-0.4, -0.2) is 32.8 Å². The van der Waals surface area contributed by atoms with Crippen molar-refractivity contribution in [3.63, 3.8) is 0 Å². The molecule has 0 radical (unpaired) electrons. The summed E-state index contributed by atoms with van der Waals surface area (Å²) in [4.78, 5) is 26.5. The molecule has 0 unspecified atom stereocenters. The average molecular weight is 325 g/mol. The van der Waals surface area contributed by atoms with Crippen LogP contribution < -0.4 is 5.73 Å². The summed E-state index contributed by atoms with van der Waals surface area (Å²) in [5.41, 5.74) is 7.82. The zero-order valence-corrected chi connectivity index (χ0v) is 13.3. The molecule has 122 valence electrons. The van der Waals surface area contributed by atoms with Crippen molar-refractivity contribution in [2.24, 2.45) is 0 Å². The van der Waals surface area contributed by atoms with Gasteiger partial charge in [-0.15, -0.1) is 0 Å². The van der Waals surface area contributed by atoms with Crippen molar-refractivity contribution in [1.29, 1.82) is 0 Å². The molecule has 0 spiro atoms. The zero-order valence-electron chi connectivity index (χ0n) is 13.3. The molecule has 0 aliphatic heterocycles. The van der Waals surface area contributed by atoms with Crippen molar-refractivity contribution in [3.05, 3.63) is 59.3 Å². The van der Waals surface area contributed by atoms with Crippen LogP contribution in [0.2, 0.25) is 0 Å². The first-order valence-electron chi connectivity index (χ1n) is 7.33. The fourth-order valence-electron chi connectivity index (χ4n) is 2.51. The summed E-state index contributed by atoms with van der Waals surface area (Å²) in [7, 11) is 1.68. The van der Waals surface area contributed by atoms with E-state index in [9.17, 15) is 9.18 Å². The van der Waals surface area contributed by atoms with E-state index >= 15 is 0 Å². The summed E-state index contributed by atoms with van der Waals surface area (Å²) >= 11 is 0. The maximum atomic E-state index is 13.4. The van der Waals surface area contributed by atoms with Gasteiger partial charge in [0.1, 0.15) is 5.82 Å². The Labute approximate surface area is 138 Å². The van der Waals surface area contributed by atoms with Crippen molar-refractivity contribution in [3.8, 4) is 0 Å². The van der Waals surface area contributed by atoms with Gasteiger partial charge in [0, 0.05) is 48.7 Å². The number of aryl methyl sites for hydroxylation is 1. The number of carbonyl (C=O) groups excluding carboxylic acids is 1. The number of benzene rings is 1. The van der Waals surface area contributed by atoms with Gasteiger partial charge < -0.3 is 10.6 Å². The summed E-state index contributed by atoms with van der Waals surface area (Å²) in [6.07, 6.45) is 3.16. The van der Waals surface area contributed by atoms with E-state index in [1.165, 1.54) is 12.1 Å². The number of aromatic nitrogens is 3. The highest BCUT2D eigenvalue weighted by molar-refractivity contribution is 6.06. The predicted molar refractivity (Wildman–Crippen MR) is 88.7 cm³/mol. The fraction of sp³-hybridized carbons (Fsp3) is 0.176. The van der Waals surface area contributed by atoms with Crippen molar-refractivity contribution in [1.82, 2.24) is 19.9 Å². The summed E-state index contributed by atoms with van der Waals surface area (Å²) in [5, 5.41) is 0.618.